The van der Waals surface area contributed by atoms with Crippen LogP contribution in [0.15, 0.2) is 18.3 Å². The molecular formula is C15H23N3O3. The van der Waals surface area contributed by atoms with Gasteiger partial charge in [0.1, 0.15) is 0 Å². The van der Waals surface area contributed by atoms with E-state index in [0.29, 0.717) is 24.9 Å². The number of nitrogens with one attached hydrogen (secondary N) is 2. The maximum absolute atomic E-state index is 11.8. The number of hydrogen-bond donors (Lipinski definition) is 2. The van der Waals surface area contributed by atoms with Gasteiger partial charge in [-0.3, -0.25) is 0 Å². The molecule has 1 aromatic heterocycles. The second kappa shape index (κ2) is 7.83. The van der Waals surface area contributed by atoms with E-state index in [9.17, 15) is 4.79 Å². The van der Waals surface area contributed by atoms with Crippen LogP contribution in [-0.2, 0) is 11.3 Å². The van der Waals surface area contributed by atoms with Crippen molar-refractivity contribution >= 4 is 6.03 Å². The van der Waals surface area contributed by atoms with Crippen molar-refractivity contribution in [3.63, 3.8) is 0 Å². The summed E-state index contributed by atoms with van der Waals surface area (Å²) in [5.74, 6) is 0.992. The number of carbonyl (C=O) groups excluding carboxylic acids is 1. The Bertz CT molecular complexity index is 459. The Morgan fingerprint density at radius 3 is 3.10 bits per heavy atom. The molecule has 1 aliphatic heterocycles. The Morgan fingerprint density at radius 2 is 2.38 bits per heavy atom. The van der Waals surface area contributed by atoms with Crippen LogP contribution in [0.5, 0.6) is 5.88 Å². The predicted octanol–water partition coefficient (Wildman–Crippen LogP) is 1.70. The second-order valence-electron chi connectivity index (χ2n) is 5.43. The van der Waals surface area contributed by atoms with E-state index in [2.05, 4.69) is 15.6 Å². The van der Waals surface area contributed by atoms with Crippen LogP contribution in [0.4, 0.5) is 4.79 Å². The van der Waals surface area contributed by atoms with E-state index in [1.807, 2.05) is 26.0 Å². The summed E-state index contributed by atoms with van der Waals surface area (Å²) in [7, 11) is 0. The summed E-state index contributed by atoms with van der Waals surface area (Å²) in [6.07, 6.45) is 2.74. The van der Waals surface area contributed by atoms with Gasteiger partial charge in [-0.05, 0) is 26.3 Å². The molecular weight excluding hydrogens is 270 g/mol. The highest BCUT2D eigenvalue weighted by Crippen LogP contribution is 2.15. The summed E-state index contributed by atoms with van der Waals surface area (Å²) in [5.41, 5.74) is 0.866. The molecule has 0 radical (unpaired) electrons. The van der Waals surface area contributed by atoms with Gasteiger partial charge in [-0.15, -0.1) is 0 Å². The number of aromatic nitrogens is 1. The number of carbonyl (C=O) groups is 1. The molecule has 116 valence electrons. The van der Waals surface area contributed by atoms with Gasteiger partial charge >= 0.3 is 6.03 Å². The fourth-order valence-corrected chi connectivity index (χ4v) is 2.11. The van der Waals surface area contributed by atoms with Crippen molar-refractivity contribution in [2.24, 2.45) is 5.92 Å². The summed E-state index contributed by atoms with van der Waals surface area (Å²) < 4.78 is 10.9. The van der Waals surface area contributed by atoms with Crippen molar-refractivity contribution in [2.45, 2.75) is 32.9 Å². The van der Waals surface area contributed by atoms with E-state index in [-0.39, 0.29) is 12.1 Å². The van der Waals surface area contributed by atoms with Crippen molar-refractivity contribution < 1.29 is 14.3 Å². The van der Waals surface area contributed by atoms with Crippen LogP contribution in [0, 0.1) is 5.92 Å². The van der Waals surface area contributed by atoms with Crippen LogP contribution in [0.1, 0.15) is 25.8 Å². The Labute approximate surface area is 125 Å². The highest BCUT2D eigenvalue weighted by atomic mass is 16.5. The quantitative estimate of drug-likeness (QED) is 0.837. The van der Waals surface area contributed by atoms with Crippen LogP contribution in [0.3, 0.4) is 0 Å². The van der Waals surface area contributed by atoms with Crippen molar-refractivity contribution in [3.05, 3.63) is 23.9 Å². The van der Waals surface area contributed by atoms with Gasteiger partial charge in [0, 0.05) is 37.4 Å². The fraction of sp³-hybridized carbons (Fsp3) is 0.600. The van der Waals surface area contributed by atoms with Gasteiger partial charge in [0.05, 0.1) is 12.7 Å². The molecule has 1 atom stereocenters. The summed E-state index contributed by atoms with van der Waals surface area (Å²) in [4.78, 5) is 16.0. The molecule has 1 fully saturated rings. The van der Waals surface area contributed by atoms with Crippen LogP contribution in [0.25, 0.3) is 0 Å². The van der Waals surface area contributed by atoms with Gasteiger partial charge in [-0.1, -0.05) is 6.07 Å². The second-order valence-corrected chi connectivity index (χ2v) is 5.43. The molecule has 2 amide bonds. The van der Waals surface area contributed by atoms with E-state index in [4.69, 9.17) is 9.47 Å². The molecule has 21 heavy (non-hydrogen) atoms. The molecule has 0 saturated carbocycles. The predicted molar refractivity (Wildman–Crippen MR) is 79.2 cm³/mol. The number of ether oxygens (including phenoxy) is 2. The number of nitrogens with zero attached hydrogens (tertiary/aromatic N) is 1. The standard InChI is InChI=1S/C15H23N3O3/c1-11(2)21-14-13(4-3-6-16-14)9-18-15(19)17-8-12-5-7-20-10-12/h3-4,6,11-12H,5,7-10H2,1-2H3,(H2,17,18,19). The molecule has 2 heterocycles. The smallest absolute Gasteiger partial charge is 0.315 e. The van der Waals surface area contributed by atoms with E-state index >= 15 is 0 Å². The van der Waals surface area contributed by atoms with Gasteiger partial charge in [-0.25, -0.2) is 9.78 Å². The molecule has 0 bridgehead atoms. The number of rotatable bonds is 6. The molecule has 1 unspecified atom stereocenters. The molecule has 2 rings (SSSR count). The normalized spacial score (nSPS) is 17.8. The molecule has 0 aromatic carbocycles. The van der Waals surface area contributed by atoms with E-state index < -0.39 is 0 Å². The maximum Gasteiger partial charge on any atom is 0.315 e. The third-order valence-electron chi connectivity index (χ3n) is 3.21. The van der Waals surface area contributed by atoms with Gasteiger partial charge < -0.3 is 20.1 Å². The largest absolute Gasteiger partial charge is 0.475 e. The van der Waals surface area contributed by atoms with Gasteiger partial charge in [0.25, 0.3) is 0 Å². The van der Waals surface area contributed by atoms with E-state index in [0.717, 1.165) is 25.2 Å². The fourth-order valence-electron chi connectivity index (χ4n) is 2.11. The zero-order valence-corrected chi connectivity index (χ0v) is 12.6. The Hall–Kier alpha value is -1.82. The van der Waals surface area contributed by atoms with E-state index in [1.165, 1.54) is 0 Å². The molecule has 0 aliphatic carbocycles. The minimum atomic E-state index is -0.179. The van der Waals surface area contributed by atoms with Crippen LogP contribution in [-0.4, -0.2) is 36.9 Å². The number of pyridine rings is 1. The van der Waals surface area contributed by atoms with Crippen molar-refractivity contribution in [1.29, 1.82) is 0 Å². The third kappa shape index (κ3) is 5.23. The first kappa shape index (κ1) is 15.6. The summed E-state index contributed by atoms with van der Waals surface area (Å²) >= 11 is 0. The number of urea groups is 1. The molecule has 2 N–H and O–H groups in total. The van der Waals surface area contributed by atoms with E-state index in [1.54, 1.807) is 6.20 Å². The van der Waals surface area contributed by atoms with Crippen LogP contribution >= 0.6 is 0 Å². The van der Waals surface area contributed by atoms with Crippen molar-refractivity contribution in [3.8, 4) is 5.88 Å². The average molecular weight is 293 g/mol. The molecule has 0 spiro atoms. The number of hydrogen-bond acceptors (Lipinski definition) is 4. The molecule has 1 saturated heterocycles. The molecule has 1 aromatic rings. The lowest BCUT2D eigenvalue weighted by Gasteiger charge is -2.14. The summed E-state index contributed by atoms with van der Waals surface area (Å²) in [6, 6.07) is 3.55. The highest BCUT2D eigenvalue weighted by molar-refractivity contribution is 5.73. The SMILES string of the molecule is CC(C)Oc1ncccc1CNC(=O)NCC1CCOC1. The Morgan fingerprint density at radius 1 is 1.52 bits per heavy atom. The lowest BCUT2D eigenvalue weighted by Crippen LogP contribution is -2.38. The minimum absolute atomic E-state index is 0.0508. The third-order valence-corrected chi connectivity index (χ3v) is 3.21. The first-order valence-electron chi connectivity index (χ1n) is 7.35. The van der Waals surface area contributed by atoms with Gasteiger partial charge in [-0.2, -0.15) is 0 Å². The van der Waals surface area contributed by atoms with Crippen LogP contribution in [0.2, 0.25) is 0 Å². The molecule has 1 aliphatic rings. The first-order chi connectivity index (χ1) is 10.1. The minimum Gasteiger partial charge on any atom is -0.475 e. The highest BCUT2D eigenvalue weighted by Gasteiger charge is 2.16. The molecule has 6 nitrogen and oxygen atoms in total. The molecule has 6 heteroatoms. The topological polar surface area (TPSA) is 72.5 Å². The lowest BCUT2D eigenvalue weighted by atomic mass is 10.1. The summed E-state index contributed by atoms with van der Waals surface area (Å²) in [6.45, 7) is 6.45. The number of amides is 2. The van der Waals surface area contributed by atoms with Gasteiger partial charge in [0.2, 0.25) is 5.88 Å². The van der Waals surface area contributed by atoms with Crippen LogP contribution < -0.4 is 15.4 Å². The Balaban J connectivity index is 1.77. The zero-order chi connectivity index (χ0) is 15.1. The average Bonchev–Trinajstić information content (AvgIpc) is 2.97. The zero-order valence-electron chi connectivity index (χ0n) is 12.6. The van der Waals surface area contributed by atoms with Gasteiger partial charge in [0.15, 0.2) is 0 Å². The monoisotopic (exact) mass is 293 g/mol. The van der Waals surface area contributed by atoms with Crippen molar-refractivity contribution in [1.82, 2.24) is 15.6 Å². The summed E-state index contributed by atoms with van der Waals surface area (Å²) in [5, 5.41) is 5.69. The lowest BCUT2D eigenvalue weighted by molar-refractivity contribution is 0.185. The maximum atomic E-state index is 11.8. The Kier molecular flexibility index (Phi) is 5.80. The first-order valence-corrected chi connectivity index (χ1v) is 7.35. The van der Waals surface area contributed by atoms with Crippen molar-refractivity contribution in [2.75, 3.05) is 19.8 Å².